The van der Waals surface area contributed by atoms with Crippen LogP contribution < -0.4 is 4.74 Å². The molecule has 0 saturated carbocycles. The van der Waals surface area contributed by atoms with E-state index in [1.165, 1.54) is 39.1 Å². The number of ether oxygens (including phenoxy) is 1. The average molecular weight is 779 g/mol. The normalized spacial score (nSPS) is 11.7. The van der Waals surface area contributed by atoms with Gasteiger partial charge in [-0.3, -0.25) is 4.68 Å². The van der Waals surface area contributed by atoms with E-state index in [1.807, 2.05) is 12.3 Å². The predicted octanol–water partition coefficient (Wildman–Crippen LogP) is 12.2. The number of nitrogens with zero attached hydrogens (tertiary/aromatic N) is 4. The van der Waals surface area contributed by atoms with Crippen molar-refractivity contribution in [2.75, 3.05) is 0 Å². The molecule has 0 radical (unpaired) electrons. The second kappa shape index (κ2) is 15.2. The van der Waals surface area contributed by atoms with Crippen molar-refractivity contribution in [2.24, 2.45) is 5.92 Å². The van der Waals surface area contributed by atoms with Crippen LogP contribution in [0.1, 0.15) is 93.4 Å². The number of rotatable bonds is 10. The molecule has 6 heteroatoms. The molecule has 0 bridgehead atoms. The monoisotopic (exact) mass is 778 g/mol. The summed E-state index contributed by atoms with van der Waals surface area (Å²) >= 11 is 0. The minimum absolute atomic E-state index is 0. The molecule has 0 aliphatic rings. The Labute approximate surface area is 322 Å². The van der Waals surface area contributed by atoms with E-state index in [0.29, 0.717) is 23.3 Å². The van der Waals surface area contributed by atoms with Gasteiger partial charge in [-0.25, -0.2) is 4.98 Å². The third-order valence-electron chi connectivity index (χ3n) is 10.0. The zero-order valence-electron chi connectivity index (χ0n) is 31.7. The minimum atomic E-state index is 0. The summed E-state index contributed by atoms with van der Waals surface area (Å²) in [5, 5.41) is 7.47. The minimum Gasteiger partial charge on any atom is -0.509 e. The number of benzene rings is 4. The van der Waals surface area contributed by atoms with E-state index >= 15 is 0 Å². The van der Waals surface area contributed by atoms with Gasteiger partial charge in [0.15, 0.2) is 0 Å². The molecular formula is C46H48N4OPd. The molecule has 0 spiro atoms. The number of aromatic nitrogens is 4. The Kier molecular flexibility index (Phi) is 10.9. The van der Waals surface area contributed by atoms with Crippen molar-refractivity contribution in [1.82, 2.24) is 19.3 Å². The van der Waals surface area contributed by atoms with Gasteiger partial charge in [0.05, 0.1) is 5.69 Å². The van der Waals surface area contributed by atoms with Crippen LogP contribution in [0.15, 0.2) is 85.1 Å². The van der Waals surface area contributed by atoms with E-state index in [-0.39, 0.29) is 26.3 Å². The van der Waals surface area contributed by atoms with Crippen molar-refractivity contribution in [3.8, 4) is 34.1 Å². The fourth-order valence-electron chi connectivity index (χ4n) is 7.22. The molecule has 7 aromatic rings. The predicted molar refractivity (Wildman–Crippen MR) is 211 cm³/mol. The summed E-state index contributed by atoms with van der Waals surface area (Å²) in [5.74, 6) is 3.38. The Morgan fingerprint density at radius 2 is 1.44 bits per heavy atom. The Bertz CT molecular complexity index is 2360. The molecule has 0 fully saturated rings. The van der Waals surface area contributed by atoms with Gasteiger partial charge in [-0.2, -0.15) is 11.2 Å². The molecule has 0 unspecified atom stereocenters. The summed E-state index contributed by atoms with van der Waals surface area (Å²) in [4.78, 5) is 4.82. The van der Waals surface area contributed by atoms with Gasteiger partial charge in [0, 0.05) is 34.5 Å². The Balaban J connectivity index is 0.00000464. The zero-order valence-corrected chi connectivity index (χ0v) is 33.3. The molecule has 0 atom stereocenters. The van der Waals surface area contributed by atoms with E-state index in [9.17, 15) is 0 Å². The first-order valence-electron chi connectivity index (χ1n) is 18.3. The van der Waals surface area contributed by atoms with Gasteiger partial charge in [0.25, 0.3) is 0 Å². The summed E-state index contributed by atoms with van der Waals surface area (Å²) in [6.07, 6.45) is 3.88. The molecule has 0 amide bonds. The van der Waals surface area contributed by atoms with Crippen LogP contribution in [-0.2, 0) is 26.8 Å². The molecule has 0 N–H and O–H groups in total. The molecule has 3 heterocycles. The Hall–Kier alpha value is -4.50. The van der Waals surface area contributed by atoms with Gasteiger partial charge in [0.2, 0.25) is 0 Å². The maximum atomic E-state index is 6.70. The molecule has 52 heavy (non-hydrogen) atoms. The van der Waals surface area contributed by atoms with Crippen LogP contribution in [0.2, 0.25) is 0 Å². The first kappa shape index (κ1) is 37.3. The van der Waals surface area contributed by atoms with E-state index in [4.69, 9.17) is 14.8 Å². The number of aryl methyl sites for hydroxylation is 3. The maximum Gasteiger partial charge on any atom is 2.00 e. The van der Waals surface area contributed by atoms with E-state index in [1.54, 1.807) is 0 Å². The van der Waals surface area contributed by atoms with E-state index in [0.717, 1.165) is 51.8 Å². The van der Waals surface area contributed by atoms with Gasteiger partial charge in [-0.1, -0.05) is 83.5 Å². The number of hydrogen-bond donors (Lipinski definition) is 0. The summed E-state index contributed by atoms with van der Waals surface area (Å²) in [6, 6.07) is 35.0. The van der Waals surface area contributed by atoms with Crippen LogP contribution in [0.4, 0.5) is 0 Å². The van der Waals surface area contributed by atoms with Gasteiger partial charge in [-0.15, -0.1) is 41.3 Å². The van der Waals surface area contributed by atoms with Crippen LogP contribution in [0, 0.1) is 38.8 Å². The summed E-state index contributed by atoms with van der Waals surface area (Å²) in [6.45, 7) is 20.0. The van der Waals surface area contributed by atoms with E-state index < -0.39 is 0 Å². The first-order chi connectivity index (χ1) is 24.5. The van der Waals surface area contributed by atoms with Crippen molar-refractivity contribution < 1.29 is 25.2 Å². The number of para-hydroxylation sites is 1. The van der Waals surface area contributed by atoms with Gasteiger partial charge < -0.3 is 9.30 Å². The molecule has 4 aromatic carbocycles. The fourth-order valence-corrected chi connectivity index (χ4v) is 7.22. The average Bonchev–Trinajstić information content (AvgIpc) is 3.61. The number of pyridine rings is 1. The quantitative estimate of drug-likeness (QED) is 0.103. The van der Waals surface area contributed by atoms with E-state index in [2.05, 4.69) is 156 Å². The SMILES string of the molecule is Cc1cccc(C)c1-c1c(C)nn(-c2[c-]c(Oc3[c-]c4c(cc3)c3ccccc3n4-c3cc(C(C)C)ccn3)cc(C(C)C)c2)c1CCC(C)C.[Pd+2]. The molecule has 268 valence electrons. The maximum absolute atomic E-state index is 6.70. The number of hydrogen-bond acceptors (Lipinski definition) is 3. The third kappa shape index (κ3) is 7.12. The smallest absolute Gasteiger partial charge is 0.509 e. The molecular weight excluding hydrogens is 731 g/mol. The summed E-state index contributed by atoms with van der Waals surface area (Å²) in [7, 11) is 0. The van der Waals surface area contributed by atoms with Gasteiger partial charge in [0.1, 0.15) is 5.82 Å². The Morgan fingerprint density at radius 3 is 2.15 bits per heavy atom. The van der Waals surface area contributed by atoms with Crippen molar-refractivity contribution in [3.63, 3.8) is 0 Å². The summed E-state index contributed by atoms with van der Waals surface area (Å²) in [5.41, 5.74) is 12.6. The Morgan fingerprint density at radius 1 is 0.712 bits per heavy atom. The molecule has 5 nitrogen and oxygen atoms in total. The van der Waals surface area contributed by atoms with Crippen LogP contribution in [-0.4, -0.2) is 19.3 Å². The zero-order chi connectivity index (χ0) is 36.0. The number of fused-ring (bicyclic) bond motifs is 3. The topological polar surface area (TPSA) is 44.9 Å². The van der Waals surface area contributed by atoms with Gasteiger partial charge in [-0.05, 0) is 103 Å². The fraction of sp³-hybridized carbons (Fsp3) is 0.304. The largest absolute Gasteiger partial charge is 2.00 e. The standard InChI is InChI=1S/C46H48N4O.Pd/c1-28(2)17-20-42-46(45-31(7)13-12-14-32(45)8)33(9)48-50(42)36-23-35(30(5)6)24-38(26-36)51-37-18-19-40-39-15-10-11-16-41(39)49(43(40)27-37)44-25-34(29(3)4)21-22-47-44;/h10-16,18-19,21-25,28-30H,17,20H2,1-9H3;/q-2;+2. The van der Waals surface area contributed by atoms with Crippen LogP contribution in [0.25, 0.3) is 44.4 Å². The first-order valence-corrected chi connectivity index (χ1v) is 18.3. The second-order valence-corrected chi connectivity index (χ2v) is 15.0. The third-order valence-corrected chi connectivity index (χ3v) is 10.0. The van der Waals surface area contributed by atoms with Crippen molar-refractivity contribution >= 4 is 21.8 Å². The summed E-state index contributed by atoms with van der Waals surface area (Å²) < 4.78 is 11.0. The van der Waals surface area contributed by atoms with Crippen molar-refractivity contribution in [2.45, 2.75) is 87.0 Å². The van der Waals surface area contributed by atoms with Crippen molar-refractivity contribution in [3.05, 3.63) is 131 Å². The molecule has 0 saturated heterocycles. The molecule has 0 aliphatic carbocycles. The second-order valence-electron chi connectivity index (χ2n) is 15.0. The molecule has 3 aromatic heterocycles. The van der Waals surface area contributed by atoms with Crippen LogP contribution >= 0.6 is 0 Å². The molecule has 7 rings (SSSR count). The van der Waals surface area contributed by atoms with Crippen LogP contribution in [0.3, 0.4) is 0 Å². The molecule has 0 aliphatic heterocycles. The van der Waals surface area contributed by atoms with Gasteiger partial charge >= 0.3 is 20.4 Å². The van der Waals surface area contributed by atoms with Crippen molar-refractivity contribution in [1.29, 1.82) is 0 Å². The van der Waals surface area contributed by atoms with Crippen LogP contribution in [0.5, 0.6) is 11.5 Å².